The lowest BCUT2D eigenvalue weighted by molar-refractivity contribution is -0.138. The largest absolute Gasteiger partial charge is 0.417 e. The molecular weight excluding hydrogens is 669 g/mol. The number of anilines is 1. The van der Waals surface area contributed by atoms with E-state index in [1.807, 2.05) is 4.90 Å². The highest BCUT2D eigenvalue weighted by Gasteiger charge is 2.36. The van der Waals surface area contributed by atoms with E-state index in [4.69, 9.17) is 11.6 Å². The highest BCUT2D eigenvalue weighted by molar-refractivity contribution is 6.29. The van der Waals surface area contributed by atoms with Crippen LogP contribution < -0.4 is 15.5 Å². The molecular formula is C32H36ClF3N8O5. The molecule has 6 rings (SSSR count). The van der Waals surface area contributed by atoms with E-state index in [1.54, 1.807) is 6.07 Å². The van der Waals surface area contributed by atoms with Gasteiger partial charge in [0.15, 0.2) is 22.4 Å². The van der Waals surface area contributed by atoms with Crippen LogP contribution in [0.25, 0.3) is 0 Å². The second-order valence-electron chi connectivity index (χ2n) is 12.1. The molecule has 3 aliphatic rings. The summed E-state index contributed by atoms with van der Waals surface area (Å²) in [7, 11) is 0. The average molecular weight is 705 g/mol. The van der Waals surface area contributed by atoms with Crippen molar-refractivity contribution in [2.75, 3.05) is 44.2 Å². The summed E-state index contributed by atoms with van der Waals surface area (Å²) in [4.78, 5) is 39.6. The van der Waals surface area contributed by atoms with E-state index in [0.717, 1.165) is 31.7 Å². The first kappa shape index (κ1) is 35.9. The Morgan fingerprint density at radius 1 is 0.776 bits per heavy atom. The molecule has 49 heavy (non-hydrogen) atoms. The smallest absolute Gasteiger partial charge is 0.391 e. The molecule has 2 aliphatic carbocycles. The van der Waals surface area contributed by atoms with E-state index >= 15 is 0 Å². The van der Waals surface area contributed by atoms with Gasteiger partial charge in [-0.15, -0.1) is 20.4 Å². The number of benzene rings is 1. The molecule has 13 nitrogen and oxygen atoms in total. The zero-order valence-corrected chi connectivity index (χ0v) is 27.1. The van der Waals surface area contributed by atoms with Crippen molar-refractivity contribution in [2.45, 2.75) is 44.1 Å². The van der Waals surface area contributed by atoms with E-state index < -0.39 is 35.8 Å². The molecule has 0 spiro atoms. The number of amides is 3. The molecule has 2 saturated carbocycles. The van der Waals surface area contributed by atoms with E-state index in [2.05, 4.69) is 31.0 Å². The van der Waals surface area contributed by atoms with Gasteiger partial charge >= 0.3 is 6.18 Å². The highest BCUT2D eigenvalue weighted by atomic mass is 35.5. The molecule has 0 radical (unpaired) electrons. The van der Waals surface area contributed by atoms with Gasteiger partial charge in [-0.1, -0.05) is 23.7 Å². The van der Waals surface area contributed by atoms with Crippen molar-refractivity contribution >= 4 is 35.1 Å². The number of carbonyl (C=O) groups is 3. The van der Waals surface area contributed by atoms with Crippen molar-refractivity contribution in [1.29, 1.82) is 0 Å². The van der Waals surface area contributed by atoms with Crippen LogP contribution in [0.3, 0.4) is 0 Å². The van der Waals surface area contributed by atoms with Gasteiger partial charge in [0, 0.05) is 39.3 Å². The molecule has 0 bridgehead atoms. The zero-order valence-electron chi connectivity index (χ0n) is 26.3. The highest BCUT2D eigenvalue weighted by Crippen LogP contribution is 2.34. The van der Waals surface area contributed by atoms with Crippen LogP contribution in [-0.4, -0.2) is 105 Å². The first-order valence-electron chi connectivity index (χ1n) is 15.9. The van der Waals surface area contributed by atoms with Crippen LogP contribution in [0.15, 0.2) is 48.5 Å². The monoisotopic (exact) mass is 704 g/mol. The van der Waals surface area contributed by atoms with Crippen molar-refractivity contribution in [3.63, 3.8) is 0 Å². The molecule has 2 aromatic heterocycles. The van der Waals surface area contributed by atoms with E-state index in [-0.39, 0.29) is 60.1 Å². The predicted molar refractivity (Wildman–Crippen MR) is 171 cm³/mol. The molecule has 3 aromatic rings. The van der Waals surface area contributed by atoms with E-state index in [0.29, 0.717) is 24.8 Å². The number of nitrogens with zero attached hydrogens (tertiary/aromatic N) is 6. The number of hydrogen-bond donors (Lipinski definition) is 4. The summed E-state index contributed by atoms with van der Waals surface area (Å²) in [5.74, 6) is -0.319. The molecule has 262 valence electrons. The summed E-state index contributed by atoms with van der Waals surface area (Å²) < 4.78 is 39.7. The number of nitrogens with one attached hydrogen (secondary N) is 2. The summed E-state index contributed by atoms with van der Waals surface area (Å²) >= 11 is 5.55. The third kappa shape index (κ3) is 10.1. The van der Waals surface area contributed by atoms with Crippen LogP contribution in [-0.2, 0) is 6.18 Å². The number of halogens is 4. The van der Waals surface area contributed by atoms with Gasteiger partial charge in [0.1, 0.15) is 0 Å². The molecule has 1 aromatic carbocycles. The van der Waals surface area contributed by atoms with Gasteiger partial charge in [0.05, 0.1) is 23.3 Å². The molecule has 2 unspecified atom stereocenters. The number of alkyl halides is 3. The van der Waals surface area contributed by atoms with Gasteiger partial charge in [-0.25, -0.2) is 0 Å². The summed E-state index contributed by atoms with van der Waals surface area (Å²) in [6, 6.07) is 10.9. The second-order valence-corrected chi connectivity index (χ2v) is 12.5. The maximum Gasteiger partial charge on any atom is 0.417 e. The summed E-state index contributed by atoms with van der Waals surface area (Å²) in [5.41, 5.74) is -0.978. The lowest BCUT2D eigenvalue weighted by atomic mass is 10.1. The Labute approximate surface area is 284 Å². The first-order valence-corrected chi connectivity index (χ1v) is 16.2. The molecule has 3 fully saturated rings. The molecule has 3 amide bonds. The fourth-order valence-electron chi connectivity index (χ4n) is 5.15. The number of rotatable bonds is 10. The van der Waals surface area contributed by atoms with Crippen LogP contribution in [0.4, 0.5) is 19.0 Å². The minimum Gasteiger partial charge on any atom is -0.391 e. The predicted octanol–water partition coefficient (Wildman–Crippen LogP) is 2.59. The van der Waals surface area contributed by atoms with Gasteiger partial charge < -0.3 is 30.6 Å². The van der Waals surface area contributed by atoms with E-state index in [1.165, 1.54) is 41.3 Å². The normalized spacial score (nSPS) is 17.3. The zero-order chi connectivity index (χ0) is 35.1. The van der Waals surface area contributed by atoms with Crippen LogP contribution in [0.1, 0.15) is 62.6 Å². The van der Waals surface area contributed by atoms with Crippen molar-refractivity contribution in [3.05, 3.63) is 76.2 Å². The molecule has 1 saturated heterocycles. The Morgan fingerprint density at radius 2 is 1.31 bits per heavy atom. The Hall–Kier alpha value is -4.41. The number of aromatic nitrogens is 4. The number of aliphatic hydroxyl groups excluding tert-OH is 2. The third-order valence-electron chi connectivity index (χ3n) is 8.38. The Morgan fingerprint density at radius 3 is 1.78 bits per heavy atom. The fraction of sp³-hybridized carbons (Fsp3) is 0.469. The van der Waals surface area contributed by atoms with Gasteiger partial charge in [-0.3, -0.25) is 14.4 Å². The lowest BCUT2D eigenvalue weighted by Gasteiger charge is -2.35. The number of piperazine rings is 1. The maximum absolute atomic E-state index is 13.2. The second kappa shape index (κ2) is 15.9. The Kier molecular flexibility index (Phi) is 11.6. The third-order valence-corrected chi connectivity index (χ3v) is 8.58. The van der Waals surface area contributed by atoms with Crippen molar-refractivity contribution < 1.29 is 37.8 Å². The minimum absolute atomic E-state index is 0.124. The summed E-state index contributed by atoms with van der Waals surface area (Å²) in [6.07, 6.45) is -1.59. The molecule has 3 heterocycles. The molecule has 2 atom stereocenters. The van der Waals surface area contributed by atoms with Gasteiger partial charge in [-0.05, 0) is 73.9 Å². The summed E-state index contributed by atoms with van der Waals surface area (Å²) in [6.45, 7) is 1.62. The van der Waals surface area contributed by atoms with E-state index in [9.17, 15) is 37.8 Å². The summed E-state index contributed by atoms with van der Waals surface area (Å²) in [5, 5.41) is 40.1. The van der Waals surface area contributed by atoms with Gasteiger partial charge in [-0.2, -0.15) is 13.2 Å². The standard InChI is InChI=1S/C22H24F3N5O3.C10H12ClN3O2/c23-22(24,25)16-4-2-1-3-15(16)21(33)30-11-9-29(10-12-30)19-8-7-17(27-28-19)20(32)26-13-18(31)14-5-6-14;11-9-4-3-7(13-14-9)10(16)12-5-8(15)6-1-2-6/h1-4,7-8,14,18,31H,5-6,9-13H2,(H,26,32);3-4,6,8,15H,1-2,5H2,(H,12,16). The van der Waals surface area contributed by atoms with Gasteiger partial charge in [0.2, 0.25) is 0 Å². The van der Waals surface area contributed by atoms with Crippen molar-refractivity contribution in [3.8, 4) is 0 Å². The Balaban J connectivity index is 0.000000244. The maximum atomic E-state index is 13.2. The van der Waals surface area contributed by atoms with Crippen LogP contribution in [0.5, 0.6) is 0 Å². The van der Waals surface area contributed by atoms with Gasteiger partial charge in [0.25, 0.3) is 17.7 Å². The van der Waals surface area contributed by atoms with Crippen LogP contribution in [0, 0.1) is 11.8 Å². The number of hydrogen-bond acceptors (Lipinski definition) is 10. The van der Waals surface area contributed by atoms with Crippen LogP contribution >= 0.6 is 11.6 Å². The van der Waals surface area contributed by atoms with Crippen molar-refractivity contribution in [1.82, 2.24) is 35.9 Å². The number of aliphatic hydroxyl groups is 2. The quantitative estimate of drug-likeness (QED) is 0.246. The number of carbonyl (C=O) groups excluding carboxylic acids is 3. The fourth-order valence-corrected chi connectivity index (χ4v) is 5.25. The molecule has 4 N–H and O–H groups in total. The first-order chi connectivity index (χ1) is 23.4. The average Bonchev–Trinajstić information content (AvgIpc) is 4.03. The SMILES string of the molecule is O=C(NCC(O)C1CC1)c1ccc(Cl)nn1.O=C(NCC(O)C1CC1)c1ccc(N2CCN(C(=O)c3ccccc3C(F)(F)F)CC2)nn1. The Bertz CT molecular complexity index is 1600. The lowest BCUT2D eigenvalue weighted by Crippen LogP contribution is -2.49. The van der Waals surface area contributed by atoms with Crippen LogP contribution in [0.2, 0.25) is 5.15 Å². The van der Waals surface area contributed by atoms with Crippen molar-refractivity contribution in [2.24, 2.45) is 11.8 Å². The molecule has 17 heteroatoms. The minimum atomic E-state index is -4.60. The molecule has 1 aliphatic heterocycles. The topological polar surface area (TPSA) is 174 Å².